The van der Waals surface area contributed by atoms with Crippen LogP contribution in [0.15, 0.2) is 96.0 Å². The van der Waals surface area contributed by atoms with Gasteiger partial charge in [0.05, 0.1) is 39.5 Å². The highest BCUT2D eigenvalue weighted by atomic mass is 35.5. The van der Waals surface area contributed by atoms with E-state index in [1.54, 1.807) is 39.9 Å². The van der Waals surface area contributed by atoms with Crippen LogP contribution in [0.2, 0.25) is 10.0 Å². The lowest BCUT2D eigenvalue weighted by molar-refractivity contribution is -0.385. The molecular weight excluding hydrogens is 1010 g/mol. The number of methoxy groups -OCH3 is 1. The van der Waals surface area contributed by atoms with E-state index in [4.69, 9.17) is 47.6 Å². The van der Waals surface area contributed by atoms with Gasteiger partial charge in [0.15, 0.2) is 6.61 Å². The van der Waals surface area contributed by atoms with E-state index in [0.717, 1.165) is 41.8 Å². The zero-order chi connectivity index (χ0) is 51.4. The van der Waals surface area contributed by atoms with Crippen molar-refractivity contribution in [3.8, 4) is 23.3 Å². The molecule has 2 aromatic heterocycles. The van der Waals surface area contributed by atoms with E-state index >= 15 is 0 Å². The molecule has 4 aromatic carbocycles. The highest BCUT2D eigenvalue weighted by Gasteiger charge is 2.31. The van der Waals surface area contributed by atoms with Crippen molar-refractivity contribution >= 4 is 89.7 Å². The summed E-state index contributed by atoms with van der Waals surface area (Å²) in [7, 11) is -7.12. The van der Waals surface area contributed by atoms with Crippen LogP contribution in [0.4, 0.5) is 29.6 Å². The lowest BCUT2D eigenvalue weighted by Crippen LogP contribution is -2.35. The molecule has 0 bridgehead atoms. The van der Waals surface area contributed by atoms with E-state index in [0.29, 0.717) is 34.7 Å². The minimum atomic E-state index is -4.62. The molecule has 0 radical (unpaired) electrons. The first-order chi connectivity index (χ1) is 32.2. The summed E-state index contributed by atoms with van der Waals surface area (Å²) in [4.78, 5) is 70.5. The summed E-state index contributed by atoms with van der Waals surface area (Å²) in [5.74, 6) is -3.73. The molecule has 0 unspecified atom stereocenters. The molecule has 2 heterocycles. The lowest BCUT2D eigenvalue weighted by atomic mass is 10.1. The van der Waals surface area contributed by atoms with Crippen LogP contribution in [0.3, 0.4) is 0 Å². The summed E-state index contributed by atoms with van der Waals surface area (Å²) in [6.07, 6.45) is -2.34. The number of carboxylic acids is 2. The number of hydrogen-bond acceptors (Lipinski definition) is 17. The molecular formula is C39H31Cl2F3N8O15S2. The summed E-state index contributed by atoms with van der Waals surface area (Å²) in [6.45, 7) is 1.13. The molecule has 0 atom stereocenters. The third-order valence-electron chi connectivity index (χ3n) is 7.97. The van der Waals surface area contributed by atoms with E-state index < -0.39 is 93.9 Å². The number of fused-ring (bicyclic) bond motifs is 1. The number of sulfonamides is 2. The maximum absolute atomic E-state index is 12.7. The number of anilines is 1. The van der Waals surface area contributed by atoms with E-state index in [9.17, 15) is 59.3 Å². The van der Waals surface area contributed by atoms with Crippen molar-refractivity contribution in [1.29, 1.82) is 0 Å². The summed E-state index contributed by atoms with van der Waals surface area (Å²) in [5, 5.41) is 31.7. The van der Waals surface area contributed by atoms with Gasteiger partial charge in [0.1, 0.15) is 39.0 Å². The third-order valence-corrected chi connectivity index (χ3v) is 10.5. The fourth-order valence-corrected chi connectivity index (χ4v) is 7.17. The highest BCUT2D eigenvalue weighted by Crippen LogP contribution is 2.37. The van der Waals surface area contributed by atoms with Crippen molar-refractivity contribution in [2.75, 3.05) is 25.3 Å². The molecule has 0 saturated carbocycles. The predicted octanol–water partition coefficient (Wildman–Crippen LogP) is 6.50. The minimum Gasteiger partial charge on any atom is -0.480 e. The number of amides is 3. The number of carbonyl (C=O) groups excluding carboxylic acids is 2. The predicted molar refractivity (Wildman–Crippen MR) is 236 cm³/mol. The Morgan fingerprint density at radius 3 is 2.13 bits per heavy atom. The van der Waals surface area contributed by atoms with Gasteiger partial charge in [-0.2, -0.15) is 28.1 Å². The molecule has 0 fully saturated rings. The largest absolute Gasteiger partial charge is 0.480 e. The average molecular weight is 1040 g/mol. The van der Waals surface area contributed by atoms with Gasteiger partial charge < -0.3 is 24.4 Å². The number of aryl methyl sites for hydroxylation is 1. The van der Waals surface area contributed by atoms with Crippen LogP contribution in [-0.4, -0.2) is 95.8 Å². The first-order valence-corrected chi connectivity index (χ1v) is 22.5. The Hall–Kier alpha value is -7.95. The van der Waals surface area contributed by atoms with E-state index in [2.05, 4.69) is 25.3 Å². The zero-order valence-electron chi connectivity index (χ0n) is 35.0. The van der Waals surface area contributed by atoms with Crippen molar-refractivity contribution in [3.63, 3.8) is 0 Å². The average Bonchev–Trinajstić information content (AvgIpc) is 3.26. The van der Waals surface area contributed by atoms with E-state index in [-0.39, 0.29) is 29.3 Å². The Balaban J connectivity index is 0.000000233. The normalized spacial score (nSPS) is 11.1. The highest BCUT2D eigenvalue weighted by molar-refractivity contribution is 7.90. The van der Waals surface area contributed by atoms with Crippen LogP contribution in [0.1, 0.15) is 32.1 Å². The van der Waals surface area contributed by atoms with Crippen LogP contribution in [0.25, 0.3) is 10.9 Å². The number of aromatic nitrogens is 4. The number of halogens is 5. The second-order valence-corrected chi connectivity index (χ2v) is 17.3. The van der Waals surface area contributed by atoms with Gasteiger partial charge in [-0.05, 0) is 67.6 Å². The van der Waals surface area contributed by atoms with Crippen LogP contribution in [0, 0.1) is 17.0 Å². The van der Waals surface area contributed by atoms with Gasteiger partial charge in [-0.1, -0.05) is 35.3 Å². The molecule has 0 spiro atoms. The fraction of sp³-hybridized carbons (Fsp3) is 0.128. The van der Waals surface area contributed by atoms with Crippen molar-refractivity contribution in [2.45, 2.75) is 18.0 Å². The van der Waals surface area contributed by atoms with Gasteiger partial charge in [-0.15, -0.1) is 0 Å². The number of carboxylic acid groups (broad SMARTS) is 2. The third kappa shape index (κ3) is 15.6. The molecule has 6 aromatic rings. The maximum atomic E-state index is 12.7. The molecule has 3 amide bonds. The number of nitrogens with one attached hydrogen (secondary N) is 3. The topological polar surface area (TPSA) is 335 Å². The monoisotopic (exact) mass is 1040 g/mol. The van der Waals surface area contributed by atoms with E-state index in [1.807, 2.05) is 0 Å². The second-order valence-electron chi connectivity index (χ2n) is 13.1. The minimum absolute atomic E-state index is 0.0677. The molecule has 364 valence electrons. The Morgan fingerprint density at radius 2 is 1.52 bits per heavy atom. The summed E-state index contributed by atoms with van der Waals surface area (Å²) in [5.41, 5.74) is -2.25. The number of ether oxygens (including phenoxy) is 3. The maximum Gasteiger partial charge on any atom is 0.416 e. The summed E-state index contributed by atoms with van der Waals surface area (Å²) < 4.78 is 103. The molecule has 0 aliphatic carbocycles. The zero-order valence-corrected chi connectivity index (χ0v) is 38.2. The number of nitro groups is 1. The van der Waals surface area contributed by atoms with Crippen molar-refractivity contribution < 1.29 is 78.5 Å². The van der Waals surface area contributed by atoms with Gasteiger partial charge in [0.2, 0.25) is 16.0 Å². The number of alkyl halides is 3. The summed E-state index contributed by atoms with van der Waals surface area (Å²) in [6, 6.07) is 15.5. The molecule has 23 nitrogen and oxygen atoms in total. The Bertz CT molecular complexity index is 3190. The Kier molecular flexibility index (Phi) is 17.7. The number of nitro benzene ring substituents is 1. The molecule has 5 N–H and O–H groups in total. The molecule has 0 aliphatic heterocycles. The van der Waals surface area contributed by atoms with Crippen LogP contribution < -0.4 is 29.0 Å². The van der Waals surface area contributed by atoms with E-state index in [1.165, 1.54) is 26.2 Å². The van der Waals surface area contributed by atoms with Gasteiger partial charge in [0.25, 0.3) is 21.6 Å². The second kappa shape index (κ2) is 22.7. The number of carbonyl (C=O) groups is 4. The van der Waals surface area contributed by atoms with Gasteiger partial charge >= 0.3 is 30.2 Å². The number of urea groups is 1. The number of nitrogens with zero attached hydrogens (tertiary/aromatic N) is 5. The van der Waals surface area contributed by atoms with Gasteiger partial charge in [-0.3, -0.25) is 25.2 Å². The summed E-state index contributed by atoms with van der Waals surface area (Å²) >= 11 is 11.7. The Morgan fingerprint density at radius 1 is 0.841 bits per heavy atom. The van der Waals surface area contributed by atoms with Crippen LogP contribution >= 0.6 is 23.2 Å². The first-order valence-electron chi connectivity index (χ1n) is 18.3. The van der Waals surface area contributed by atoms with Crippen molar-refractivity contribution in [2.24, 2.45) is 0 Å². The number of pyridine rings is 1. The smallest absolute Gasteiger partial charge is 0.416 e. The number of benzene rings is 4. The lowest BCUT2D eigenvalue weighted by Gasteiger charge is -2.12. The SMILES string of the molecule is COc1nc(C)nc(NC(=O)NS(=O)(=O)c2ccccc2C(=O)O)n1.CS(=O)(=O)NC(=O)c1cc(Oc2ccc(C(F)(F)F)cc2Cl)ccc1[N+](=O)[O-].O=C(O)COc1ccc(Cl)c2cccnc12. The fourth-order valence-electron chi connectivity index (χ4n) is 5.18. The van der Waals surface area contributed by atoms with Gasteiger partial charge in [0, 0.05) is 23.7 Å². The molecule has 0 saturated heterocycles. The van der Waals surface area contributed by atoms with Gasteiger partial charge in [-0.25, -0.2) is 40.7 Å². The molecule has 69 heavy (non-hydrogen) atoms. The van der Waals surface area contributed by atoms with Crippen LogP contribution in [0.5, 0.6) is 23.3 Å². The molecule has 6 rings (SSSR count). The molecule has 0 aliphatic rings. The number of rotatable bonds is 13. The van der Waals surface area contributed by atoms with Crippen molar-refractivity contribution in [1.82, 2.24) is 29.4 Å². The number of hydrogen-bond donors (Lipinski definition) is 5. The quantitative estimate of drug-likeness (QED) is 0.0609. The van der Waals surface area contributed by atoms with Crippen LogP contribution in [-0.2, 0) is 31.0 Å². The standard InChI is InChI=1S/C15H10ClF3N2O6S.C13H13N5O6S.C11H8ClNO3/c1-28(25,26)20-14(22)10-7-9(3-4-12(10)21(23)24)27-13-5-2-8(6-11(13)16)15(17,18)19;1-7-14-11(17-13(15-7)24-2)16-12(21)18-25(22,23)9-6-4-3-5-8(9)10(19)20;12-8-3-4-9(16-6-10(14)15)11-7(8)2-1-5-13-11/h2-7H,1H3,(H,20,22);3-6H,1-2H3,(H,19,20)(H2,14,15,16,17,18,21);1-5H,6H2,(H,14,15). The van der Waals surface area contributed by atoms with Crippen molar-refractivity contribution in [3.05, 3.63) is 134 Å². The Labute approximate surface area is 396 Å². The number of aromatic carboxylic acids is 1. The molecule has 30 heteroatoms. The number of aliphatic carboxylic acids is 1. The first kappa shape index (κ1) is 53.7.